The number of piperidine rings is 1. The molecule has 0 aliphatic carbocycles. The molecule has 0 aromatic carbocycles. The lowest BCUT2D eigenvalue weighted by Crippen LogP contribution is -2.40. The average Bonchev–Trinajstić information content (AvgIpc) is 2.27. The standard InChI is InChI=1S/C11H17NO3/c1-8(9(2)11(14)15)10(13)12-6-4-3-5-7-12/h8H,2-7H2,1H3,(H,14,15). The first-order chi connectivity index (χ1) is 7.04. The third-order valence-electron chi connectivity index (χ3n) is 2.84. The van der Waals surface area contributed by atoms with Gasteiger partial charge in [-0.3, -0.25) is 4.79 Å². The molecule has 84 valence electrons. The van der Waals surface area contributed by atoms with Crippen LogP contribution in [0.1, 0.15) is 26.2 Å². The molecule has 0 radical (unpaired) electrons. The fourth-order valence-electron chi connectivity index (χ4n) is 1.72. The van der Waals surface area contributed by atoms with Crippen molar-refractivity contribution in [1.82, 2.24) is 4.90 Å². The highest BCUT2D eigenvalue weighted by Crippen LogP contribution is 2.16. The van der Waals surface area contributed by atoms with E-state index in [-0.39, 0.29) is 11.5 Å². The molecular formula is C11H17NO3. The second-order valence-electron chi connectivity index (χ2n) is 3.94. The number of aliphatic carboxylic acids is 1. The molecule has 0 saturated carbocycles. The quantitative estimate of drug-likeness (QED) is 0.715. The maximum absolute atomic E-state index is 11.8. The fourth-order valence-corrected chi connectivity index (χ4v) is 1.72. The summed E-state index contributed by atoms with van der Waals surface area (Å²) in [7, 11) is 0. The van der Waals surface area contributed by atoms with E-state index in [9.17, 15) is 9.59 Å². The second kappa shape index (κ2) is 4.96. The second-order valence-corrected chi connectivity index (χ2v) is 3.94. The van der Waals surface area contributed by atoms with E-state index >= 15 is 0 Å². The molecule has 4 heteroatoms. The van der Waals surface area contributed by atoms with Crippen molar-refractivity contribution in [2.45, 2.75) is 26.2 Å². The van der Waals surface area contributed by atoms with Gasteiger partial charge in [0.05, 0.1) is 5.92 Å². The van der Waals surface area contributed by atoms with Crippen LogP contribution in [-0.4, -0.2) is 35.0 Å². The zero-order chi connectivity index (χ0) is 11.4. The number of carboxylic acid groups (broad SMARTS) is 1. The number of carbonyl (C=O) groups excluding carboxylic acids is 1. The van der Waals surface area contributed by atoms with Crippen LogP contribution in [0.2, 0.25) is 0 Å². The van der Waals surface area contributed by atoms with Crippen molar-refractivity contribution in [3.8, 4) is 0 Å². The minimum atomic E-state index is -1.09. The van der Waals surface area contributed by atoms with Crippen LogP contribution >= 0.6 is 0 Å². The van der Waals surface area contributed by atoms with Crippen LogP contribution in [0.25, 0.3) is 0 Å². The molecule has 1 saturated heterocycles. The Morgan fingerprint density at radius 3 is 2.27 bits per heavy atom. The number of amides is 1. The summed E-state index contributed by atoms with van der Waals surface area (Å²) in [5, 5.41) is 8.73. The summed E-state index contributed by atoms with van der Waals surface area (Å²) in [4.78, 5) is 24.2. The van der Waals surface area contributed by atoms with Gasteiger partial charge < -0.3 is 10.0 Å². The van der Waals surface area contributed by atoms with Gasteiger partial charge in [-0.25, -0.2) is 4.79 Å². The summed E-state index contributed by atoms with van der Waals surface area (Å²) in [5.41, 5.74) is -0.0226. The molecule has 1 rings (SSSR count). The lowest BCUT2D eigenvalue weighted by molar-refractivity contribution is -0.139. The number of carboxylic acids is 1. The van der Waals surface area contributed by atoms with Crippen molar-refractivity contribution in [3.05, 3.63) is 12.2 Å². The van der Waals surface area contributed by atoms with Gasteiger partial charge in [-0.1, -0.05) is 6.58 Å². The van der Waals surface area contributed by atoms with Gasteiger partial charge in [-0.05, 0) is 26.2 Å². The van der Waals surface area contributed by atoms with Crippen molar-refractivity contribution in [2.24, 2.45) is 5.92 Å². The van der Waals surface area contributed by atoms with Gasteiger partial charge >= 0.3 is 5.97 Å². The van der Waals surface area contributed by atoms with Gasteiger partial charge in [-0.2, -0.15) is 0 Å². The smallest absolute Gasteiger partial charge is 0.331 e. The summed E-state index contributed by atoms with van der Waals surface area (Å²) in [6.07, 6.45) is 3.17. The monoisotopic (exact) mass is 211 g/mol. The lowest BCUT2D eigenvalue weighted by atomic mass is 10.00. The molecule has 1 unspecified atom stereocenters. The van der Waals surface area contributed by atoms with Gasteiger partial charge in [-0.15, -0.1) is 0 Å². The minimum absolute atomic E-state index is 0.0226. The van der Waals surface area contributed by atoms with Crippen LogP contribution in [0.15, 0.2) is 12.2 Å². The first kappa shape index (κ1) is 11.8. The fraction of sp³-hybridized carbons (Fsp3) is 0.636. The summed E-state index contributed by atoms with van der Waals surface area (Å²) in [5.74, 6) is -1.81. The summed E-state index contributed by atoms with van der Waals surface area (Å²) >= 11 is 0. The molecule has 1 fully saturated rings. The lowest BCUT2D eigenvalue weighted by Gasteiger charge is -2.29. The van der Waals surface area contributed by atoms with Crippen molar-refractivity contribution >= 4 is 11.9 Å². The highest BCUT2D eigenvalue weighted by Gasteiger charge is 2.26. The number of hydrogen-bond donors (Lipinski definition) is 1. The minimum Gasteiger partial charge on any atom is -0.478 e. The van der Waals surface area contributed by atoms with Crippen LogP contribution in [0.4, 0.5) is 0 Å². The van der Waals surface area contributed by atoms with Crippen LogP contribution in [0.5, 0.6) is 0 Å². The summed E-state index contributed by atoms with van der Waals surface area (Å²) in [6, 6.07) is 0. The topological polar surface area (TPSA) is 57.6 Å². The number of likely N-dealkylation sites (tertiary alicyclic amines) is 1. The Bertz CT molecular complexity index is 280. The molecule has 15 heavy (non-hydrogen) atoms. The van der Waals surface area contributed by atoms with Crippen LogP contribution in [0, 0.1) is 5.92 Å². The largest absolute Gasteiger partial charge is 0.478 e. The molecule has 0 bridgehead atoms. The Morgan fingerprint density at radius 2 is 1.80 bits per heavy atom. The van der Waals surface area contributed by atoms with Crippen molar-refractivity contribution < 1.29 is 14.7 Å². The summed E-state index contributed by atoms with van der Waals surface area (Å²) in [6.45, 7) is 6.52. The van der Waals surface area contributed by atoms with Crippen LogP contribution < -0.4 is 0 Å². The van der Waals surface area contributed by atoms with Gasteiger partial charge in [0.1, 0.15) is 0 Å². The maximum Gasteiger partial charge on any atom is 0.331 e. The Balaban J connectivity index is 2.58. The van der Waals surface area contributed by atoms with E-state index in [0.717, 1.165) is 32.4 Å². The molecule has 0 aromatic heterocycles. The van der Waals surface area contributed by atoms with E-state index < -0.39 is 11.9 Å². The van der Waals surface area contributed by atoms with Gasteiger partial charge in [0.2, 0.25) is 5.91 Å². The van der Waals surface area contributed by atoms with Crippen molar-refractivity contribution in [1.29, 1.82) is 0 Å². The molecule has 0 spiro atoms. The predicted molar refractivity (Wildman–Crippen MR) is 56.4 cm³/mol. The normalized spacial score (nSPS) is 18.3. The van der Waals surface area contributed by atoms with E-state index in [1.807, 2.05) is 0 Å². The Morgan fingerprint density at radius 1 is 1.27 bits per heavy atom. The molecule has 1 amide bonds. The van der Waals surface area contributed by atoms with Crippen LogP contribution in [-0.2, 0) is 9.59 Å². The SMILES string of the molecule is C=C(C(=O)O)C(C)C(=O)N1CCCCC1. The average molecular weight is 211 g/mol. The Labute approximate surface area is 89.6 Å². The van der Waals surface area contributed by atoms with Gasteiger partial charge in [0.15, 0.2) is 0 Å². The number of carbonyl (C=O) groups is 2. The maximum atomic E-state index is 11.8. The molecule has 1 heterocycles. The zero-order valence-corrected chi connectivity index (χ0v) is 9.03. The molecule has 1 atom stereocenters. The number of hydrogen-bond acceptors (Lipinski definition) is 2. The van der Waals surface area contributed by atoms with E-state index in [0.29, 0.717) is 0 Å². The molecule has 1 aliphatic heterocycles. The first-order valence-electron chi connectivity index (χ1n) is 5.25. The molecule has 1 aliphatic rings. The number of nitrogens with zero attached hydrogens (tertiary/aromatic N) is 1. The third kappa shape index (κ3) is 2.81. The Kier molecular flexibility index (Phi) is 3.88. The van der Waals surface area contributed by atoms with Crippen LogP contribution in [0.3, 0.4) is 0 Å². The predicted octanol–water partition coefficient (Wildman–Crippen LogP) is 1.28. The molecule has 1 N–H and O–H groups in total. The van der Waals surface area contributed by atoms with E-state index in [1.54, 1.807) is 11.8 Å². The highest BCUT2D eigenvalue weighted by molar-refractivity contribution is 5.95. The van der Waals surface area contributed by atoms with E-state index in [2.05, 4.69) is 6.58 Å². The molecule has 0 aromatic rings. The summed E-state index contributed by atoms with van der Waals surface area (Å²) < 4.78 is 0. The molecular weight excluding hydrogens is 194 g/mol. The van der Waals surface area contributed by atoms with Gasteiger partial charge in [0, 0.05) is 18.7 Å². The van der Waals surface area contributed by atoms with Crippen molar-refractivity contribution in [2.75, 3.05) is 13.1 Å². The van der Waals surface area contributed by atoms with E-state index in [1.165, 1.54) is 0 Å². The van der Waals surface area contributed by atoms with E-state index in [4.69, 9.17) is 5.11 Å². The Hall–Kier alpha value is -1.32. The first-order valence-corrected chi connectivity index (χ1v) is 5.25. The van der Waals surface area contributed by atoms with Crippen molar-refractivity contribution in [3.63, 3.8) is 0 Å². The molecule has 4 nitrogen and oxygen atoms in total. The van der Waals surface area contributed by atoms with Gasteiger partial charge in [0.25, 0.3) is 0 Å². The third-order valence-corrected chi connectivity index (χ3v) is 2.84. The zero-order valence-electron chi connectivity index (χ0n) is 9.03. The number of rotatable bonds is 3. The highest BCUT2D eigenvalue weighted by atomic mass is 16.4.